The molecule has 0 heterocycles. The molecule has 0 aliphatic heterocycles. The maximum Gasteiger partial charge on any atom is 0.408 e. The van der Waals surface area contributed by atoms with Gasteiger partial charge >= 0.3 is 6.09 Å². The highest BCUT2D eigenvalue weighted by atomic mass is 32.2. The maximum atomic E-state index is 12.1. The van der Waals surface area contributed by atoms with E-state index in [0.29, 0.717) is 11.3 Å². The van der Waals surface area contributed by atoms with Crippen LogP contribution in [0, 0.1) is 0 Å². The summed E-state index contributed by atoms with van der Waals surface area (Å²) < 4.78 is 28.6. The van der Waals surface area contributed by atoms with Crippen LogP contribution < -0.4 is 11.1 Å². The van der Waals surface area contributed by atoms with E-state index in [1.807, 2.05) is 0 Å². The fourth-order valence-electron chi connectivity index (χ4n) is 2.57. The second kappa shape index (κ2) is 5.70. The first-order chi connectivity index (χ1) is 10.4. The highest BCUT2D eigenvalue weighted by Gasteiger charge is 2.48. The Morgan fingerprint density at radius 2 is 1.96 bits per heavy atom. The number of benzene rings is 1. The molecule has 0 radical (unpaired) electrons. The molecule has 0 spiro atoms. The molecule has 23 heavy (non-hydrogen) atoms. The summed E-state index contributed by atoms with van der Waals surface area (Å²) >= 11 is 0. The van der Waals surface area contributed by atoms with Crippen LogP contribution in [0.4, 0.5) is 10.5 Å². The summed E-state index contributed by atoms with van der Waals surface area (Å²) in [7, 11) is -3.21. The minimum absolute atomic E-state index is 0.106. The second-order valence-electron chi connectivity index (χ2n) is 7.20. The molecule has 0 aromatic heterocycles. The molecule has 1 amide bonds. The van der Waals surface area contributed by atoms with Crippen LogP contribution in [0.15, 0.2) is 18.2 Å². The summed E-state index contributed by atoms with van der Waals surface area (Å²) in [6, 6.07) is 5.17. The molecule has 3 N–H and O–H groups in total. The normalized spacial score (nSPS) is 16.7. The zero-order valence-corrected chi connectivity index (χ0v) is 14.8. The van der Waals surface area contributed by atoms with E-state index in [4.69, 9.17) is 10.5 Å². The maximum absolute atomic E-state index is 12.1. The van der Waals surface area contributed by atoms with E-state index in [0.717, 1.165) is 18.4 Å². The van der Waals surface area contributed by atoms with Crippen molar-refractivity contribution in [3.05, 3.63) is 29.3 Å². The molecule has 1 aliphatic carbocycles. The van der Waals surface area contributed by atoms with Crippen LogP contribution in [0.2, 0.25) is 0 Å². The fraction of sp³-hybridized carbons (Fsp3) is 0.562. The lowest BCUT2D eigenvalue weighted by Crippen LogP contribution is -2.39. The van der Waals surface area contributed by atoms with Crippen LogP contribution in [0.1, 0.15) is 44.7 Å². The Kier molecular flexibility index (Phi) is 4.36. The summed E-state index contributed by atoms with van der Waals surface area (Å²) in [5.41, 5.74) is 6.56. The Hall–Kier alpha value is -1.76. The third-order valence-electron chi connectivity index (χ3n) is 3.55. The Bertz CT molecular complexity index is 716. The van der Waals surface area contributed by atoms with Crippen LogP contribution in [-0.4, -0.2) is 26.4 Å². The minimum Gasteiger partial charge on any atom is -0.444 e. The van der Waals surface area contributed by atoms with E-state index in [-0.39, 0.29) is 5.75 Å². The van der Waals surface area contributed by atoms with Gasteiger partial charge in [0.15, 0.2) is 9.84 Å². The van der Waals surface area contributed by atoms with E-state index >= 15 is 0 Å². The number of ether oxygens (including phenoxy) is 1. The molecule has 128 valence electrons. The zero-order valence-electron chi connectivity index (χ0n) is 14.0. The summed E-state index contributed by atoms with van der Waals surface area (Å²) in [5.74, 6) is -0.106. The van der Waals surface area contributed by atoms with E-state index in [9.17, 15) is 13.2 Å². The number of alkyl carbamates (subject to hydrolysis) is 1. The molecule has 0 saturated heterocycles. The highest BCUT2D eigenvalue weighted by Crippen LogP contribution is 2.47. The monoisotopic (exact) mass is 340 g/mol. The van der Waals surface area contributed by atoms with Gasteiger partial charge in [0, 0.05) is 11.9 Å². The molecule has 0 bridgehead atoms. The van der Waals surface area contributed by atoms with Crippen molar-refractivity contribution in [2.24, 2.45) is 0 Å². The van der Waals surface area contributed by atoms with E-state index in [1.54, 1.807) is 39.0 Å². The topological polar surface area (TPSA) is 98.5 Å². The minimum atomic E-state index is -3.21. The lowest BCUT2D eigenvalue weighted by molar-refractivity contribution is 0.0495. The number of sulfone groups is 1. The number of anilines is 1. The molecule has 7 heteroatoms. The Morgan fingerprint density at radius 3 is 2.43 bits per heavy atom. The van der Waals surface area contributed by atoms with Crippen molar-refractivity contribution in [3.63, 3.8) is 0 Å². The van der Waals surface area contributed by atoms with Crippen LogP contribution >= 0.6 is 0 Å². The summed E-state index contributed by atoms with van der Waals surface area (Å²) in [5, 5.41) is 2.89. The van der Waals surface area contributed by atoms with Gasteiger partial charge in [0.1, 0.15) is 5.60 Å². The Morgan fingerprint density at radius 1 is 1.35 bits per heavy atom. The number of rotatable bonds is 4. The number of hydrogen-bond acceptors (Lipinski definition) is 5. The highest BCUT2D eigenvalue weighted by molar-refractivity contribution is 7.89. The third kappa shape index (κ3) is 4.86. The first-order valence-electron chi connectivity index (χ1n) is 7.48. The van der Waals surface area contributed by atoms with Crippen molar-refractivity contribution in [3.8, 4) is 0 Å². The van der Waals surface area contributed by atoms with Crippen molar-refractivity contribution in [1.82, 2.24) is 5.32 Å². The number of nitrogens with two attached hydrogens (primary N) is 1. The smallest absolute Gasteiger partial charge is 0.408 e. The standard InChI is InChI=1S/C16H24N2O4S/c1-15(2,3)22-14(19)18-16(7-8-16)13-6-5-12(17)9-11(13)10-23(4,20)21/h5-6,9H,7-8,10,17H2,1-4H3,(H,18,19). The van der Waals surface area contributed by atoms with Crippen LogP contribution in [-0.2, 0) is 25.9 Å². The first-order valence-corrected chi connectivity index (χ1v) is 9.54. The summed E-state index contributed by atoms with van der Waals surface area (Å²) in [4.78, 5) is 12.1. The van der Waals surface area contributed by atoms with E-state index in [2.05, 4.69) is 5.32 Å². The lowest BCUT2D eigenvalue weighted by atomic mass is 9.98. The average Bonchev–Trinajstić information content (AvgIpc) is 3.04. The average molecular weight is 340 g/mol. The van der Waals surface area contributed by atoms with Gasteiger partial charge in [-0.15, -0.1) is 0 Å². The van der Waals surface area contributed by atoms with Crippen molar-refractivity contribution in [1.29, 1.82) is 0 Å². The van der Waals surface area contributed by atoms with Gasteiger partial charge in [-0.1, -0.05) is 6.07 Å². The number of hydrogen-bond donors (Lipinski definition) is 2. The number of amides is 1. The SMILES string of the molecule is CC(C)(C)OC(=O)NC1(c2ccc(N)cc2CS(C)(=O)=O)CC1. The van der Waals surface area contributed by atoms with Crippen molar-refractivity contribution >= 4 is 21.6 Å². The molecule has 0 atom stereocenters. The number of carbonyl (C=O) groups is 1. The van der Waals surface area contributed by atoms with Crippen LogP contribution in [0.5, 0.6) is 0 Å². The zero-order chi connectivity index (χ0) is 17.5. The number of nitrogens with one attached hydrogen (secondary N) is 1. The number of carbonyl (C=O) groups excluding carboxylic acids is 1. The van der Waals surface area contributed by atoms with Gasteiger partial charge in [-0.25, -0.2) is 13.2 Å². The van der Waals surface area contributed by atoms with Crippen molar-refractivity contribution < 1.29 is 17.9 Å². The molecule has 1 fully saturated rings. The Balaban J connectivity index is 2.28. The first kappa shape index (κ1) is 17.6. The van der Waals surface area contributed by atoms with Gasteiger partial charge in [-0.2, -0.15) is 0 Å². The van der Waals surface area contributed by atoms with Gasteiger partial charge in [-0.05, 0) is 56.9 Å². The summed E-state index contributed by atoms with van der Waals surface area (Å²) in [6.07, 6.45) is 2.16. The van der Waals surface area contributed by atoms with E-state index in [1.165, 1.54) is 6.26 Å². The fourth-order valence-corrected chi connectivity index (χ4v) is 3.37. The third-order valence-corrected chi connectivity index (χ3v) is 4.39. The number of nitrogen functional groups attached to an aromatic ring is 1. The largest absolute Gasteiger partial charge is 0.444 e. The summed E-state index contributed by atoms with van der Waals surface area (Å²) in [6.45, 7) is 5.39. The van der Waals surface area contributed by atoms with Crippen molar-refractivity contribution in [2.75, 3.05) is 12.0 Å². The lowest BCUT2D eigenvalue weighted by Gasteiger charge is -2.25. The molecule has 0 unspecified atom stereocenters. The quantitative estimate of drug-likeness (QED) is 0.820. The molecule has 1 aromatic rings. The molecule has 6 nitrogen and oxygen atoms in total. The molecule has 1 aliphatic rings. The van der Waals surface area contributed by atoms with Gasteiger partial charge < -0.3 is 15.8 Å². The van der Waals surface area contributed by atoms with Gasteiger partial charge in [0.05, 0.1) is 11.3 Å². The molecule has 2 rings (SSSR count). The Labute approximate surface area is 137 Å². The van der Waals surface area contributed by atoms with Crippen LogP contribution in [0.3, 0.4) is 0 Å². The van der Waals surface area contributed by atoms with Gasteiger partial charge in [0.25, 0.3) is 0 Å². The van der Waals surface area contributed by atoms with Crippen LogP contribution in [0.25, 0.3) is 0 Å². The molecule has 1 aromatic carbocycles. The predicted octanol–water partition coefficient (Wildman–Crippen LogP) is 2.33. The van der Waals surface area contributed by atoms with Gasteiger partial charge in [-0.3, -0.25) is 0 Å². The van der Waals surface area contributed by atoms with E-state index < -0.39 is 27.1 Å². The predicted molar refractivity (Wildman–Crippen MR) is 89.7 cm³/mol. The van der Waals surface area contributed by atoms with Crippen molar-refractivity contribution in [2.45, 2.75) is 50.5 Å². The molecular formula is C16H24N2O4S. The molecular weight excluding hydrogens is 316 g/mol. The second-order valence-corrected chi connectivity index (χ2v) is 9.34. The van der Waals surface area contributed by atoms with Gasteiger partial charge in [0.2, 0.25) is 0 Å². The molecule has 1 saturated carbocycles.